The van der Waals surface area contributed by atoms with Gasteiger partial charge in [0.2, 0.25) is 0 Å². The lowest BCUT2D eigenvalue weighted by Gasteiger charge is -2.53. The first kappa shape index (κ1) is 28.9. The van der Waals surface area contributed by atoms with Gasteiger partial charge in [0.05, 0.1) is 5.54 Å². The van der Waals surface area contributed by atoms with Crippen LogP contribution >= 0.6 is 0 Å². The smallest absolute Gasteiger partial charge is 0.0555 e. The molecule has 0 amide bonds. The summed E-state index contributed by atoms with van der Waals surface area (Å²) in [4.78, 5) is 7.46. The standard InChI is InChI=1S/C39H51N3/c1-24-21-29-22-27(17-19-32(29)40(10)37(24,4)5)36-26(3)39(8,9)42(12)34-20-18-28(23-31(34)36)35-25(2)38(6,7)41(11)33-16-14-13-15-30(33)35/h13-23,25-26,35-36H,1-12H3. The summed E-state index contributed by atoms with van der Waals surface area (Å²) in [6.07, 6.45) is 2.42. The molecule has 42 heavy (non-hydrogen) atoms. The second kappa shape index (κ2) is 9.40. The van der Waals surface area contributed by atoms with Crippen LogP contribution < -0.4 is 14.7 Å². The topological polar surface area (TPSA) is 9.72 Å². The molecule has 3 heteroatoms. The van der Waals surface area contributed by atoms with Gasteiger partial charge in [-0.2, -0.15) is 0 Å². The molecule has 0 aromatic heterocycles. The van der Waals surface area contributed by atoms with Crippen LogP contribution in [0.3, 0.4) is 0 Å². The van der Waals surface area contributed by atoms with E-state index >= 15 is 0 Å². The van der Waals surface area contributed by atoms with Crippen LogP contribution in [0.5, 0.6) is 0 Å². The fourth-order valence-corrected chi connectivity index (χ4v) is 8.06. The van der Waals surface area contributed by atoms with E-state index in [-0.39, 0.29) is 16.6 Å². The van der Waals surface area contributed by atoms with Crippen molar-refractivity contribution in [1.29, 1.82) is 0 Å². The average molecular weight is 562 g/mol. The molecule has 4 atom stereocenters. The molecular formula is C39H51N3. The Bertz CT molecular complexity index is 1570. The average Bonchev–Trinajstić information content (AvgIpc) is 2.95. The van der Waals surface area contributed by atoms with Crippen LogP contribution in [-0.4, -0.2) is 37.8 Å². The first-order chi connectivity index (χ1) is 19.6. The molecule has 0 saturated heterocycles. The molecule has 0 fully saturated rings. The van der Waals surface area contributed by atoms with Gasteiger partial charge in [0.1, 0.15) is 0 Å². The number of fused-ring (bicyclic) bond motifs is 3. The molecular weight excluding hydrogens is 510 g/mol. The monoisotopic (exact) mass is 561 g/mol. The Hall–Kier alpha value is -3.20. The molecule has 3 aromatic carbocycles. The van der Waals surface area contributed by atoms with E-state index < -0.39 is 0 Å². The largest absolute Gasteiger partial charge is 0.369 e. The summed E-state index contributed by atoms with van der Waals surface area (Å²) in [6.45, 7) is 21.5. The fraction of sp³-hybridized carbons (Fsp3) is 0.487. The molecule has 6 rings (SSSR count). The summed E-state index contributed by atoms with van der Waals surface area (Å²) in [5, 5.41) is 0. The van der Waals surface area contributed by atoms with Gasteiger partial charge in [0.15, 0.2) is 0 Å². The molecule has 0 bridgehead atoms. The normalized spacial score (nSPS) is 27.1. The maximum atomic E-state index is 2.58. The van der Waals surface area contributed by atoms with E-state index in [4.69, 9.17) is 0 Å². The molecule has 3 nitrogen and oxygen atoms in total. The summed E-state index contributed by atoms with van der Waals surface area (Å²) in [7, 11) is 6.79. The number of rotatable bonds is 2. The number of para-hydroxylation sites is 1. The molecule has 3 aromatic rings. The van der Waals surface area contributed by atoms with Gasteiger partial charge in [-0.3, -0.25) is 0 Å². The Morgan fingerprint density at radius 1 is 0.571 bits per heavy atom. The molecule has 0 aliphatic carbocycles. The zero-order valence-electron chi connectivity index (χ0n) is 28.0. The van der Waals surface area contributed by atoms with Crippen LogP contribution in [-0.2, 0) is 0 Å². The van der Waals surface area contributed by atoms with Crippen molar-refractivity contribution in [2.45, 2.75) is 90.8 Å². The number of nitrogens with zero attached hydrogens (tertiary/aromatic N) is 3. The molecule has 0 radical (unpaired) electrons. The second-order valence-corrected chi connectivity index (χ2v) is 15.1. The van der Waals surface area contributed by atoms with Gasteiger partial charge in [-0.15, -0.1) is 0 Å². The zero-order chi connectivity index (χ0) is 30.5. The van der Waals surface area contributed by atoms with Crippen molar-refractivity contribution in [1.82, 2.24) is 0 Å². The Balaban J connectivity index is 1.53. The summed E-state index contributed by atoms with van der Waals surface area (Å²) in [5.74, 6) is 1.55. The van der Waals surface area contributed by atoms with Gasteiger partial charge >= 0.3 is 0 Å². The highest BCUT2D eigenvalue weighted by molar-refractivity contribution is 5.77. The molecule has 3 aliphatic rings. The van der Waals surface area contributed by atoms with Gasteiger partial charge in [-0.25, -0.2) is 0 Å². The van der Waals surface area contributed by atoms with E-state index in [1.165, 1.54) is 50.5 Å². The van der Waals surface area contributed by atoms with Gasteiger partial charge in [0, 0.05) is 61.1 Å². The van der Waals surface area contributed by atoms with Crippen LogP contribution in [0.1, 0.15) is 102 Å². The third-order valence-corrected chi connectivity index (χ3v) is 12.6. The van der Waals surface area contributed by atoms with Gasteiger partial charge in [-0.1, -0.05) is 56.3 Å². The fourth-order valence-electron chi connectivity index (χ4n) is 8.06. The maximum Gasteiger partial charge on any atom is 0.0555 e. The number of hydrogen-bond acceptors (Lipinski definition) is 3. The summed E-state index contributed by atoms with van der Waals surface area (Å²) in [6, 6.07) is 23.8. The predicted molar refractivity (Wildman–Crippen MR) is 182 cm³/mol. The minimum Gasteiger partial charge on any atom is -0.369 e. The van der Waals surface area contributed by atoms with Crippen molar-refractivity contribution in [3.63, 3.8) is 0 Å². The van der Waals surface area contributed by atoms with E-state index in [0.29, 0.717) is 23.7 Å². The third kappa shape index (κ3) is 3.91. The van der Waals surface area contributed by atoms with Gasteiger partial charge in [-0.05, 0) is 118 Å². The van der Waals surface area contributed by atoms with E-state index in [1.807, 2.05) is 0 Å². The Morgan fingerprint density at radius 2 is 1.07 bits per heavy atom. The molecule has 222 valence electrons. The van der Waals surface area contributed by atoms with E-state index in [9.17, 15) is 0 Å². The van der Waals surface area contributed by atoms with Crippen molar-refractivity contribution in [2.75, 3.05) is 35.8 Å². The van der Waals surface area contributed by atoms with Crippen molar-refractivity contribution in [3.05, 3.63) is 94.1 Å². The van der Waals surface area contributed by atoms with Crippen molar-refractivity contribution in [2.24, 2.45) is 11.8 Å². The SMILES string of the molecule is CC1=Cc2cc(C3c4cc(C5c6ccccc6N(C)C(C)(C)C5C)ccc4N(C)C(C)(C)C3C)ccc2N(C)C1(C)C. The van der Waals surface area contributed by atoms with E-state index in [2.05, 4.69) is 165 Å². The van der Waals surface area contributed by atoms with Crippen LogP contribution in [0.2, 0.25) is 0 Å². The highest BCUT2D eigenvalue weighted by Gasteiger charge is 2.46. The Morgan fingerprint density at radius 3 is 1.69 bits per heavy atom. The molecule has 0 N–H and O–H groups in total. The van der Waals surface area contributed by atoms with Crippen LogP contribution in [0.4, 0.5) is 17.1 Å². The van der Waals surface area contributed by atoms with Crippen molar-refractivity contribution >= 4 is 23.1 Å². The number of likely N-dealkylation sites (N-methyl/N-ethyl adjacent to an activating group) is 1. The lowest BCUT2D eigenvalue weighted by Crippen LogP contribution is -2.53. The Kier molecular flexibility index (Phi) is 6.47. The number of benzene rings is 3. The van der Waals surface area contributed by atoms with E-state index in [1.54, 1.807) is 0 Å². The quantitative estimate of drug-likeness (QED) is 0.309. The minimum atomic E-state index is 0.0215. The lowest BCUT2D eigenvalue weighted by atomic mass is 9.65. The van der Waals surface area contributed by atoms with Gasteiger partial charge < -0.3 is 14.7 Å². The minimum absolute atomic E-state index is 0.0215. The third-order valence-electron chi connectivity index (χ3n) is 12.6. The maximum absolute atomic E-state index is 2.58. The summed E-state index contributed by atoms with van der Waals surface area (Å²) in [5.41, 5.74) is 12.7. The summed E-state index contributed by atoms with van der Waals surface area (Å²) >= 11 is 0. The van der Waals surface area contributed by atoms with Crippen LogP contribution in [0.25, 0.3) is 6.08 Å². The Labute approximate surface area is 255 Å². The zero-order valence-corrected chi connectivity index (χ0v) is 28.0. The first-order valence-electron chi connectivity index (χ1n) is 15.9. The molecule has 0 spiro atoms. The molecule has 3 aliphatic heterocycles. The number of hydrogen-bond donors (Lipinski definition) is 0. The van der Waals surface area contributed by atoms with E-state index in [0.717, 1.165) is 0 Å². The number of anilines is 3. The molecule has 4 unspecified atom stereocenters. The molecule has 3 heterocycles. The molecule has 0 saturated carbocycles. The summed E-state index contributed by atoms with van der Waals surface area (Å²) < 4.78 is 0. The van der Waals surface area contributed by atoms with Gasteiger partial charge in [0.25, 0.3) is 0 Å². The van der Waals surface area contributed by atoms with Crippen LogP contribution in [0.15, 0.2) is 66.2 Å². The highest BCUT2D eigenvalue weighted by atomic mass is 15.2. The highest BCUT2D eigenvalue weighted by Crippen LogP contribution is 2.54. The lowest BCUT2D eigenvalue weighted by molar-refractivity contribution is 0.281. The predicted octanol–water partition coefficient (Wildman–Crippen LogP) is 9.31. The first-order valence-corrected chi connectivity index (χ1v) is 15.9. The van der Waals surface area contributed by atoms with Crippen molar-refractivity contribution < 1.29 is 0 Å². The van der Waals surface area contributed by atoms with Crippen LogP contribution in [0, 0.1) is 11.8 Å². The second-order valence-electron chi connectivity index (χ2n) is 15.1. The van der Waals surface area contributed by atoms with Crippen molar-refractivity contribution in [3.8, 4) is 0 Å².